The Hall–Kier alpha value is 0.380. The molecule has 0 aromatic carbocycles. The zero-order valence-electron chi connectivity index (χ0n) is 10.2. The van der Waals surface area contributed by atoms with Crippen LogP contribution in [0.2, 0.25) is 0 Å². The van der Waals surface area contributed by atoms with E-state index in [2.05, 4.69) is 27.6 Å². The summed E-state index contributed by atoms with van der Waals surface area (Å²) in [6.07, 6.45) is 2.86. The van der Waals surface area contributed by atoms with Crippen LogP contribution >= 0.6 is 38.9 Å². The largest absolute Gasteiger partial charge is 0.251 e. The fraction of sp³-hybridized carbons (Fsp3) is 0.636. The zero-order chi connectivity index (χ0) is 13.6. The van der Waals surface area contributed by atoms with Crippen molar-refractivity contribution in [3.8, 4) is 0 Å². The van der Waals surface area contributed by atoms with Gasteiger partial charge in [0.25, 0.3) is 10.0 Å². The molecule has 0 amide bonds. The van der Waals surface area contributed by atoms with Crippen LogP contribution in [0.4, 0.5) is 0 Å². The van der Waals surface area contributed by atoms with Crippen molar-refractivity contribution >= 4 is 48.9 Å². The molecule has 7 heteroatoms. The third kappa shape index (κ3) is 4.81. The average molecular weight is 375 g/mol. The summed E-state index contributed by atoms with van der Waals surface area (Å²) in [5, 5.41) is 1.75. The predicted molar refractivity (Wildman–Crippen MR) is 80.9 cm³/mol. The third-order valence-corrected chi connectivity index (χ3v) is 6.92. The summed E-state index contributed by atoms with van der Waals surface area (Å²) in [6, 6.07) is 1.74. The molecular weight excluding hydrogens is 358 g/mol. The summed E-state index contributed by atoms with van der Waals surface area (Å²) in [4.78, 5) is 0. The molecule has 0 spiro atoms. The first-order valence-corrected chi connectivity index (χ1v) is 9.49. The first-order valence-electron chi connectivity index (χ1n) is 5.80. The van der Waals surface area contributed by atoms with Gasteiger partial charge in [-0.15, -0.1) is 22.9 Å². The van der Waals surface area contributed by atoms with Crippen molar-refractivity contribution in [1.82, 2.24) is 4.72 Å². The molecule has 0 saturated carbocycles. The van der Waals surface area contributed by atoms with E-state index in [9.17, 15) is 8.42 Å². The lowest BCUT2D eigenvalue weighted by molar-refractivity contribution is 0.457. The molecule has 1 aromatic heterocycles. The summed E-state index contributed by atoms with van der Waals surface area (Å²) in [5.74, 6) is 0.871. The second kappa shape index (κ2) is 7.85. The summed E-state index contributed by atoms with van der Waals surface area (Å²) < 4.78 is 27.7. The molecule has 1 rings (SSSR count). The Morgan fingerprint density at radius 2 is 2.22 bits per heavy atom. The minimum absolute atomic E-state index is 0.306. The van der Waals surface area contributed by atoms with Crippen molar-refractivity contribution in [2.24, 2.45) is 5.92 Å². The van der Waals surface area contributed by atoms with Crippen molar-refractivity contribution in [3.63, 3.8) is 0 Å². The Morgan fingerprint density at radius 1 is 1.50 bits per heavy atom. The van der Waals surface area contributed by atoms with Gasteiger partial charge in [0, 0.05) is 16.9 Å². The summed E-state index contributed by atoms with van der Waals surface area (Å²) in [7, 11) is -3.40. The van der Waals surface area contributed by atoms with Crippen molar-refractivity contribution < 1.29 is 8.42 Å². The van der Waals surface area contributed by atoms with Gasteiger partial charge in [-0.2, -0.15) is 0 Å². The highest BCUT2D eigenvalue weighted by Gasteiger charge is 2.20. The molecule has 0 fully saturated rings. The number of sulfonamides is 1. The van der Waals surface area contributed by atoms with Gasteiger partial charge in [-0.05, 0) is 46.1 Å². The van der Waals surface area contributed by atoms with Gasteiger partial charge in [0.2, 0.25) is 0 Å². The summed E-state index contributed by atoms with van der Waals surface area (Å²) in [6.45, 7) is 2.54. The number of nitrogens with one attached hydrogen (secondary N) is 1. The molecular formula is C11H17BrClNO2S2. The summed E-state index contributed by atoms with van der Waals surface area (Å²) in [5.41, 5.74) is 0. The molecule has 0 radical (unpaired) electrons. The quantitative estimate of drug-likeness (QED) is 0.703. The van der Waals surface area contributed by atoms with Gasteiger partial charge in [-0.1, -0.05) is 13.3 Å². The van der Waals surface area contributed by atoms with Crippen LogP contribution in [0.3, 0.4) is 0 Å². The molecule has 0 bridgehead atoms. The fourth-order valence-corrected chi connectivity index (χ4v) is 5.48. The monoisotopic (exact) mass is 373 g/mol. The minimum atomic E-state index is -3.40. The Bertz CT molecular complexity index is 455. The first kappa shape index (κ1) is 16.4. The highest BCUT2D eigenvalue weighted by atomic mass is 79.9. The molecule has 104 valence electrons. The van der Waals surface area contributed by atoms with Gasteiger partial charge in [-0.3, -0.25) is 0 Å². The van der Waals surface area contributed by atoms with Crippen LogP contribution in [0, 0.1) is 5.92 Å². The van der Waals surface area contributed by atoms with E-state index in [1.807, 2.05) is 0 Å². The lowest BCUT2D eigenvalue weighted by Gasteiger charge is -2.15. The van der Waals surface area contributed by atoms with E-state index in [1.54, 1.807) is 11.4 Å². The maximum Gasteiger partial charge on any atom is 0.251 e. The van der Waals surface area contributed by atoms with Crippen molar-refractivity contribution in [1.29, 1.82) is 0 Å². The Kier molecular flexibility index (Phi) is 7.16. The van der Waals surface area contributed by atoms with Crippen molar-refractivity contribution in [3.05, 3.63) is 15.9 Å². The zero-order valence-corrected chi connectivity index (χ0v) is 14.1. The van der Waals surface area contributed by atoms with E-state index in [1.165, 1.54) is 11.3 Å². The van der Waals surface area contributed by atoms with Gasteiger partial charge < -0.3 is 0 Å². The van der Waals surface area contributed by atoms with E-state index >= 15 is 0 Å². The number of alkyl halides is 1. The van der Waals surface area contributed by atoms with E-state index in [-0.39, 0.29) is 0 Å². The molecule has 0 saturated heterocycles. The average Bonchev–Trinajstić information content (AvgIpc) is 2.74. The maximum atomic E-state index is 12.1. The first-order chi connectivity index (χ1) is 8.51. The normalized spacial score (nSPS) is 13.7. The van der Waals surface area contributed by atoms with Crippen LogP contribution in [-0.4, -0.2) is 20.8 Å². The maximum absolute atomic E-state index is 12.1. The standard InChI is InChI=1S/C11H17BrClNO2S2/c1-2-3-9(4-6-13)8-14-18(15,16)11-10(12)5-7-17-11/h5,7,9,14H,2-4,6,8H2,1H3. The van der Waals surface area contributed by atoms with Crippen LogP contribution < -0.4 is 4.72 Å². The highest BCUT2D eigenvalue weighted by Crippen LogP contribution is 2.27. The number of thiophene rings is 1. The molecule has 0 aliphatic carbocycles. The lowest BCUT2D eigenvalue weighted by atomic mass is 10.0. The molecule has 18 heavy (non-hydrogen) atoms. The number of halogens is 2. The van der Waals surface area contributed by atoms with E-state index in [0.29, 0.717) is 27.0 Å². The molecule has 1 unspecified atom stereocenters. The molecule has 1 N–H and O–H groups in total. The highest BCUT2D eigenvalue weighted by molar-refractivity contribution is 9.10. The van der Waals surface area contributed by atoms with Crippen molar-refractivity contribution in [2.45, 2.75) is 30.4 Å². The molecule has 3 nitrogen and oxygen atoms in total. The van der Waals surface area contributed by atoms with Gasteiger partial charge >= 0.3 is 0 Å². The lowest BCUT2D eigenvalue weighted by Crippen LogP contribution is -2.29. The second-order valence-electron chi connectivity index (χ2n) is 4.04. The molecule has 0 aliphatic heterocycles. The van der Waals surface area contributed by atoms with Gasteiger partial charge in [0.15, 0.2) is 0 Å². The minimum Gasteiger partial charge on any atom is -0.210 e. The second-order valence-corrected chi connectivity index (χ2v) is 8.15. The molecule has 1 aromatic rings. The smallest absolute Gasteiger partial charge is 0.210 e. The van der Waals surface area contributed by atoms with Crippen LogP contribution in [0.1, 0.15) is 26.2 Å². The predicted octanol–water partition coefficient (Wildman–Crippen LogP) is 3.83. The van der Waals surface area contributed by atoms with E-state index in [4.69, 9.17) is 11.6 Å². The van der Waals surface area contributed by atoms with Crippen LogP contribution in [0.25, 0.3) is 0 Å². The van der Waals surface area contributed by atoms with Gasteiger partial charge in [-0.25, -0.2) is 13.1 Å². The third-order valence-electron chi connectivity index (χ3n) is 2.60. The Labute approximate surface area is 126 Å². The Balaban J connectivity index is 2.64. The van der Waals surface area contributed by atoms with Gasteiger partial charge in [0.05, 0.1) is 0 Å². The van der Waals surface area contributed by atoms with Crippen LogP contribution in [0.15, 0.2) is 20.1 Å². The number of hydrogen-bond acceptors (Lipinski definition) is 3. The number of hydrogen-bond donors (Lipinski definition) is 1. The van der Waals surface area contributed by atoms with Crippen LogP contribution in [0.5, 0.6) is 0 Å². The number of rotatable bonds is 8. The van der Waals surface area contributed by atoms with E-state index < -0.39 is 10.0 Å². The molecule has 0 aliphatic rings. The fourth-order valence-electron chi connectivity index (χ4n) is 1.68. The SMILES string of the molecule is CCCC(CCCl)CNS(=O)(=O)c1sccc1Br. The topological polar surface area (TPSA) is 46.2 Å². The van der Waals surface area contributed by atoms with Gasteiger partial charge in [0.1, 0.15) is 4.21 Å². The molecule has 1 heterocycles. The van der Waals surface area contributed by atoms with E-state index in [0.717, 1.165) is 19.3 Å². The van der Waals surface area contributed by atoms with Crippen molar-refractivity contribution in [2.75, 3.05) is 12.4 Å². The summed E-state index contributed by atoms with van der Waals surface area (Å²) >= 11 is 10.2. The molecule has 1 atom stereocenters. The van der Waals surface area contributed by atoms with Crippen LogP contribution in [-0.2, 0) is 10.0 Å². The Morgan fingerprint density at radius 3 is 2.72 bits per heavy atom.